The lowest BCUT2D eigenvalue weighted by atomic mass is 10.1. The number of hydrogen-bond donors (Lipinski definition) is 1. The lowest BCUT2D eigenvalue weighted by Gasteiger charge is -2.19. The zero-order valence-electron chi connectivity index (χ0n) is 18.0. The second-order valence-corrected chi connectivity index (χ2v) is 9.07. The first-order valence-corrected chi connectivity index (χ1v) is 11.7. The average molecular weight is 456 g/mol. The third-order valence-electron chi connectivity index (χ3n) is 5.16. The van der Waals surface area contributed by atoms with E-state index in [2.05, 4.69) is 29.0 Å². The Morgan fingerprint density at radius 3 is 2.71 bits per heavy atom. The van der Waals surface area contributed by atoms with E-state index in [1.165, 1.54) is 11.3 Å². The Hall–Kier alpha value is -2.91. The smallest absolute Gasteiger partial charge is 0.262 e. The Morgan fingerprint density at radius 2 is 2.06 bits per heavy atom. The maximum Gasteiger partial charge on any atom is 0.262 e. The zero-order chi connectivity index (χ0) is 22.0. The summed E-state index contributed by atoms with van der Waals surface area (Å²) in [6, 6.07) is 9.21. The second-order valence-electron chi connectivity index (χ2n) is 7.03. The molecule has 3 heterocycles. The molecule has 9 heteroatoms. The van der Waals surface area contributed by atoms with Crippen LogP contribution in [0.25, 0.3) is 9.53 Å². The molecule has 0 fully saturated rings. The molecule has 0 spiro atoms. The molecule has 0 saturated heterocycles. The number of benzene rings is 1. The highest BCUT2D eigenvalue weighted by atomic mass is 32.1. The van der Waals surface area contributed by atoms with Crippen LogP contribution in [0.2, 0.25) is 0 Å². The molecule has 7 nitrogen and oxygen atoms in total. The number of nitrogens with zero attached hydrogens (tertiary/aromatic N) is 4. The van der Waals surface area contributed by atoms with E-state index in [1.54, 1.807) is 24.6 Å². The number of anilines is 1. The van der Waals surface area contributed by atoms with Gasteiger partial charge >= 0.3 is 0 Å². The molecule has 0 bridgehead atoms. The van der Waals surface area contributed by atoms with Crippen LogP contribution in [0, 0.1) is 0 Å². The number of carbonyl (C=O) groups excluding carboxylic acids is 1. The van der Waals surface area contributed by atoms with Gasteiger partial charge in [-0.1, -0.05) is 23.5 Å². The number of aryl methyl sites for hydroxylation is 1. The number of fused-ring (bicyclic) bond motifs is 1. The van der Waals surface area contributed by atoms with Crippen LogP contribution in [-0.4, -0.2) is 40.6 Å². The van der Waals surface area contributed by atoms with Gasteiger partial charge in [0.05, 0.1) is 16.7 Å². The number of ether oxygens (including phenoxy) is 1. The van der Waals surface area contributed by atoms with E-state index in [9.17, 15) is 4.79 Å². The number of hydrogen-bond acceptors (Lipinski definition) is 7. The van der Waals surface area contributed by atoms with Crippen LogP contribution < -0.4 is 15.0 Å². The molecular formula is C22H25N5O2S2. The van der Waals surface area contributed by atoms with Crippen LogP contribution in [-0.2, 0) is 7.05 Å². The number of thiazole rings is 1. The van der Waals surface area contributed by atoms with Gasteiger partial charge in [0.1, 0.15) is 22.4 Å². The average Bonchev–Trinajstić information content (AvgIpc) is 3.48. The van der Waals surface area contributed by atoms with Crippen molar-refractivity contribution in [3.8, 4) is 5.75 Å². The minimum atomic E-state index is -0.401. The summed E-state index contributed by atoms with van der Waals surface area (Å²) in [7, 11) is 3.55. The lowest BCUT2D eigenvalue weighted by Crippen LogP contribution is -2.30. The maximum atomic E-state index is 13.2. The Morgan fingerprint density at radius 1 is 1.26 bits per heavy atom. The molecule has 1 unspecified atom stereocenters. The summed E-state index contributed by atoms with van der Waals surface area (Å²) in [6.07, 6.45) is 3.60. The minimum Gasteiger partial charge on any atom is -0.497 e. The fourth-order valence-electron chi connectivity index (χ4n) is 3.44. The third-order valence-corrected chi connectivity index (χ3v) is 7.38. The molecule has 1 amide bonds. The molecule has 0 aliphatic carbocycles. The number of aromatic nitrogens is 3. The van der Waals surface area contributed by atoms with E-state index in [0.29, 0.717) is 4.88 Å². The molecule has 0 saturated carbocycles. The van der Waals surface area contributed by atoms with Crippen LogP contribution in [0.4, 0.5) is 5.13 Å². The maximum absolute atomic E-state index is 13.2. The molecular weight excluding hydrogens is 430 g/mol. The quantitative estimate of drug-likeness (QED) is 0.425. The van der Waals surface area contributed by atoms with Crippen molar-refractivity contribution in [1.82, 2.24) is 19.9 Å². The van der Waals surface area contributed by atoms with E-state index in [1.807, 2.05) is 48.1 Å². The zero-order valence-corrected chi connectivity index (χ0v) is 19.6. The normalized spacial score (nSPS) is 12.1. The number of amides is 1. The van der Waals surface area contributed by atoms with Crippen molar-refractivity contribution in [2.45, 2.75) is 19.9 Å². The Labute approximate surface area is 189 Å². The van der Waals surface area contributed by atoms with Gasteiger partial charge in [0.2, 0.25) is 0 Å². The summed E-state index contributed by atoms with van der Waals surface area (Å²) >= 11 is 3.04. The molecule has 1 N–H and O–H groups in total. The molecule has 4 aromatic rings. The SMILES string of the molecule is CCN(CC)c1nc2sc(C(=O)NC(c3cccc(OC)c3)c3nccn3C)cc2s1. The molecule has 1 atom stereocenters. The van der Waals surface area contributed by atoms with E-state index in [4.69, 9.17) is 9.72 Å². The minimum absolute atomic E-state index is 0.143. The molecule has 3 aromatic heterocycles. The predicted molar refractivity (Wildman–Crippen MR) is 127 cm³/mol. The number of methoxy groups -OCH3 is 1. The molecule has 162 valence electrons. The monoisotopic (exact) mass is 455 g/mol. The third kappa shape index (κ3) is 4.28. The molecule has 0 aliphatic rings. The molecule has 31 heavy (non-hydrogen) atoms. The summed E-state index contributed by atoms with van der Waals surface area (Å²) in [5.41, 5.74) is 0.905. The van der Waals surface area contributed by atoms with Gasteiger partial charge in [-0.05, 0) is 37.6 Å². The van der Waals surface area contributed by atoms with Crippen LogP contribution in [0.5, 0.6) is 5.75 Å². The number of nitrogens with one attached hydrogen (secondary N) is 1. The van der Waals surface area contributed by atoms with Gasteiger partial charge < -0.3 is 19.5 Å². The molecule has 0 aliphatic heterocycles. The highest BCUT2D eigenvalue weighted by molar-refractivity contribution is 7.29. The summed E-state index contributed by atoms with van der Waals surface area (Å²) in [6.45, 7) is 6.06. The number of imidazole rings is 1. The summed E-state index contributed by atoms with van der Waals surface area (Å²) < 4.78 is 8.32. The van der Waals surface area contributed by atoms with Gasteiger partial charge in [-0.2, -0.15) is 0 Å². The van der Waals surface area contributed by atoms with E-state index in [-0.39, 0.29) is 5.91 Å². The van der Waals surface area contributed by atoms with Crippen molar-refractivity contribution in [3.63, 3.8) is 0 Å². The van der Waals surface area contributed by atoms with Gasteiger partial charge in [0.15, 0.2) is 5.13 Å². The fraction of sp³-hybridized carbons (Fsp3) is 0.318. The van der Waals surface area contributed by atoms with Crippen molar-refractivity contribution in [2.75, 3.05) is 25.1 Å². The van der Waals surface area contributed by atoms with Crippen LogP contribution >= 0.6 is 22.7 Å². The standard InChI is InChI=1S/C22H25N5O2S2/c1-5-27(6-2)22-25-21-17(31-22)13-16(30-21)20(28)24-18(19-23-10-11-26(19)3)14-8-7-9-15(12-14)29-4/h7-13,18H,5-6H2,1-4H3,(H,24,28). The summed E-state index contributed by atoms with van der Waals surface area (Å²) in [5, 5.41) is 4.15. The fourth-order valence-corrected chi connectivity index (χ4v) is 5.68. The van der Waals surface area contributed by atoms with Crippen molar-refractivity contribution >= 4 is 43.2 Å². The Balaban J connectivity index is 1.63. The molecule has 4 rings (SSSR count). The van der Waals surface area contributed by atoms with Gasteiger partial charge in [-0.25, -0.2) is 9.97 Å². The van der Waals surface area contributed by atoms with Crippen molar-refractivity contribution in [3.05, 3.63) is 59.0 Å². The highest BCUT2D eigenvalue weighted by Crippen LogP contribution is 2.35. The van der Waals surface area contributed by atoms with E-state index >= 15 is 0 Å². The first-order chi connectivity index (χ1) is 15.0. The van der Waals surface area contributed by atoms with E-state index < -0.39 is 6.04 Å². The summed E-state index contributed by atoms with van der Waals surface area (Å²) in [4.78, 5) is 26.1. The first kappa shape index (κ1) is 21.3. The number of carbonyl (C=O) groups is 1. The number of rotatable bonds is 8. The van der Waals surface area contributed by atoms with Gasteiger partial charge in [0.25, 0.3) is 5.91 Å². The summed E-state index contributed by atoms with van der Waals surface area (Å²) in [5.74, 6) is 1.34. The van der Waals surface area contributed by atoms with Crippen LogP contribution in [0.15, 0.2) is 42.7 Å². The highest BCUT2D eigenvalue weighted by Gasteiger charge is 2.24. The molecule has 1 aromatic carbocycles. The largest absolute Gasteiger partial charge is 0.497 e. The Kier molecular flexibility index (Phi) is 6.24. The number of thiophene rings is 1. The first-order valence-electron chi connectivity index (χ1n) is 10.1. The molecule has 0 radical (unpaired) electrons. The van der Waals surface area contributed by atoms with Crippen LogP contribution in [0.1, 0.15) is 40.9 Å². The van der Waals surface area contributed by atoms with Gasteiger partial charge in [0, 0.05) is 32.5 Å². The van der Waals surface area contributed by atoms with Crippen molar-refractivity contribution < 1.29 is 9.53 Å². The van der Waals surface area contributed by atoms with E-state index in [0.717, 1.165) is 44.9 Å². The van der Waals surface area contributed by atoms with Crippen molar-refractivity contribution in [2.24, 2.45) is 7.05 Å². The van der Waals surface area contributed by atoms with Crippen LogP contribution in [0.3, 0.4) is 0 Å². The second kappa shape index (κ2) is 9.07. The topological polar surface area (TPSA) is 72.3 Å². The van der Waals surface area contributed by atoms with Gasteiger partial charge in [-0.15, -0.1) is 11.3 Å². The lowest BCUT2D eigenvalue weighted by molar-refractivity contribution is 0.0945. The van der Waals surface area contributed by atoms with Crippen molar-refractivity contribution in [1.29, 1.82) is 0 Å². The predicted octanol–water partition coefficient (Wildman–Crippen LogP) is 4.47. The Bertz CT molecular complexity index is 1160. The van der Waals surface area contributed by atoms with Gasteiger partial charge in [-0.3, -0.25) is 4.79 Å².